The number of nitrogens with one attached hydrogen (secondary N) is 2. The summed E-state index contributed by atoms with van der Waals surface area (Å²) < 4.78 is 1.76. The number of nitrogen functional groups attached to an aromatic ring is 1. The van der Waals surface area contributed by atoms with Gasteiger partial charge < -0.3 is 11.1 Å². The third-order valence-electron chi connectivity index (χ3n) is 4.31. The number of thiophene rings is 1. The van der Waals surface area contributed by atoms with Crippen LogP contribution in [0.15, 0.2) is 65.7 Å². The van der Waals surface area contributed by atoms with Crippen molar-refractivity contribution < 1.29 is 4.79 Å². The van der Waals surface area contributed by atoms with E-state index in [2.05, 4.69) is 15.5 Å². The van der Waals surface area contributed by atoms with Gasteiger partial charge in [-0.3, -0.25) is 14.7 Å². The Hall–Kier alpha value is -3.36. The lowest BCUT2D eigenvalue weighted by Crippen LogP contribution is -2.29. The molecule has 0 saturated carbocycles. The Morgan fingerprint density at radius 2 is 2.07 bits per heavy atom. The lowest BCUT2D eigenvalue weighted by molar-refractivity contribution is 0.0957. The van der Waals surface area contributed by atoms with Gasteiger partial charge in [-0.2, -0.15) is 5.10 Å². The molecule has 1 aromatic carbocycles. The fraction of sp³-hybridized carbons (Fsp3) is 0.0500. The van der Waals surface area contributed by atoms with Gasteiger partial charge in [0.25, 0.3) is 11.5 Å². The highest BCUT2D eigenvalue weighted by Gasteiger charge is 2.18. The number of pyridine rings is 1. The normalized spacial score (nSPS) is 10.8. The zero-order chi connectivity index (χ0) is 20.4. The molecule has 0 unspecified atom stereocenters. The molecule has 0 aliphatic rings. The number of hydrogen-bond acceptors (Lipinski definition) is 6. The van der Waals surface area contributed by atoms with E-state index in [0.717, 1.165) is 9.44 Å². The van der Waals surface area contributed by atoms with Gasteiger partial charge in [0, 0.05) is 29.5 Å². The molecule has 4 N–H and O–H groups in total. The molecule has 0 atom stereocenters. The number of carbonyl (C=O) groups is 1. The zero-order valence-corrected chi connectivity index (χ0v) is 16.6. The van der Waals surface area contributed by atoms with Crippen LogP contribution < -0.4 is 16.6 Å². The molecular weight excluding hydrogens is 410 g/mol. The van der Waals surface area contributed by atoms with Crippen LogP contribution in [0, 0.1) is 0 Å². The van der Waals surface area contributed by atoms with Crippen molar-refractivity contribution in [2.45, 2.75) is 6.54 Å². The highest BCUT2D eigenvalue weighted by molar-refractivity contribution is 7.16. The standard InChI is InChI=1S/C20H16ClN5O2S/c21-18-6-5-13(29-18)10-23-12-9-15(17-7-8-24-25-17)20(28)26(11-12)19(27)14-3-1-2-4-16(14)22/h1-9,11,23H,10,22H2,(H,24,25). The summed E-state index contributed by atoms with van der Waals surface area (Å²) >= 11 is 7.44. The van der Waals surface area contributed by atoms with Gasteiger partial charge in [-0.25, -0.2) is 4.57 Å². The van der Waals surface area contributed by atoms with Crippen molar-refractivity contribution in [1.29, 1.82) is 0 Å². The largest absolute Gasteiger partial charge is 0.398 e. The maximum atomic E-state index is 13.1. The quantitative estimate of drug-likeness (QED) is 0.421. The van der Waals surface area contributed by atoms with Crippen LogP contribution in [0.3, 0.4) is 0 Å². The molecule has 7 nitrogen and oxygen atoms in total. The van der Waals surface area contributed by atoms with Gasteiger partial charge in [0.05, 0.1) is 26.8 Å². The van der Waals surface area contributed by atoms with E-state index in [1.807, 2.05) is 12.1 Å². The Balaban J connectivity index is 1.77. The van der Waals surface area contributed by atoms with Gasteiger partial charge in [-0.1, -0.05) is 23.7 Å². The number of hydrogen-bond donors (Lipinski definition) is 3. The fourth-order valence-corrected chi connectivity index (χ4v) is 3.91. The lowest BCUT2D eigenvalue weighted by atomic mass is 10.1. The number of carbonyl (C=O) groups excluding carboxylic acids is 1. The van der Waals surface area contributed by atoms with Gasteiger partial charge in [0.15, 0.2) is 0 Å². The van der Waals surface area contributed by atoms with Crippen molar-refractivity contribution in [3.05, 3.63) is 86.1 Å². The summed E-state index contributed by atoms with van der Waals surface area (Å²) in [6, 6.07) is 13.7. The van der Waals surface area contributed by atoms with Crippen molar-refractivity contribution in [2.24, 2.45) is 0 Å². The predicted octanol–water partition coefficient (Wildman–Crippen LogP) is 3.84. The minimum atomic E-state index is -0.503. The summed E-state index contributed by atoms with van der Waals surface area (Å²) in [6.07, 6.45) is 3.02. The molecule has 4 rings (SSSR count). The molecule has 3 heterocycles. The van der Waals surface area contributed by atoms with Crippen molar-refractivity contribution in [3.8, 4) is 11.3 Å². The van der Waals surface area contributed by atoms with E-state index in [9.17, 15) is 9.59 Å². The highest BCUT2D eigenvalue weighted by atomic mass is 35.5. The number of benzene rings is 1. The summed E-state index contributed by atoms with van der Waals surface area (Å²) in [5.41, 5.74) is 7.47. The van der Waals surface area contributed by atoms with E-state index in [1.165, 1.54) is 17.5 Å². The second-order valence-electron chi connectivity index (χ2n) is 6.24. The number of nitrogens with two attached hydrogens (primary N) is 1. The Bertz CT molecular complexity index is 1230. The zero-order valence-electron chi connectivity index (χ0n) is 15.1. The van der Waals surface area contributed by atoms with Crippen LogP contribution in [-0.2, 0) is 6.54 Å². The molecule has 0 spiro atoms. The smallest absolute Gasteiger partial charge is 0.267 e. The maximum absolute atomic E-state index is 13.1. The van der Waals surface area contributed by atoms with Crippen molar-refractivity contribution >= 4 is 40.2 Å². The van der Waals surface area contributed by atoms with Crippen LogP contribution in [0.2, 0.25) is 4.34 Å². The van der Waals surface area contributed by atoms with Crippen molar-refractivity contribution in [2.75, 3.05) is 11.1 Å². The van der Waals surface area contributed by atoms with E-state index in [4.69, 9.17) is 17.3 Å². The number of aromatic amines is 1. The molecule has 0 aliphatic heterocycles. The van der Waals surface area contributed by atoms with Gasteiger partial charge >= 0.3 is 0 Å². The predicted molar refractivity (Wildman–Crippen MR) is 116 cm³/mol. The third-order valence-corrected chi connectivity index (χ3v) is 5.54. The number of anilines is 2. The van der Waals surface area contributed by atoms with E-state index < -0.39 is 11.5 Å². The molecular formula is C20H16ClN5O2S. The Morgan fingerprint density at radius 3 is 2.76 bits per heavy atom. The second-order valence-corrected chi connectivity index (χ2v) is 8.04. The number of para-hydroxylation sites is 1. The SMILES string of the molecule is Nc1ccccc1C(=O)n1cc(NCc2ccc(Cl)s2)cc(-c2ccn[nH]2)c1=O. The molecule has 0 radical (unpaired) electrons. The fourth-order valence-electron chi connectivity index (χ4n) is 2.89. The summed E-state index contributed by atoms with van der Waals surface area (Å²) in [5, 5.41) is 9.91. The number of halogens is 1. The molecule has 0 fully saturated rings. The average molecular weight is 426 g/mol. The Kier molecular flexibility index (Phi) is 5.20. The first kappa shape index (κ1) is 19.0. The average Bonchev–Trinajstić information content (AvgIpc) is 3.39. The summed E-state index contributed by atoms with van der Waals surface area (Å²) in [5.74, 6) is -0.503. The molecule has 9 heteroatoms. The first-order valence-corrected chi connectivity index (χ1v) is 9.86. The molecule has 4 aromatic rings. The molecule has 0 amide bonds. The number of nitrogens with zero attached hydrogens (tertiary/aromatic N) is 2. The van der Waals surface area contributed by atoms with Crippen molar-refractivity contribution in [1.82, 2.24) is 14.8 Å². The maximum Gasteiger partial charge on any atom is 0.267 e. The van der Waals surface area contributed by atoms with Gasteiger partial charge in [-0.05, 0) is 36.4 Å². The monoisotopic (exact) mass is 425 g/mol. The summed E-state index contributed by atoms with van der Waals surface area (Å²) in [4.78, 5) is 27.1. The van der Waals surface area contributed by atoms with Crippen LogP contribution in [0.25, 0.3) is 11.3 Å². The van der Waals surface area contributed by atoms with E-state index >= 15 is 0 Å². The highest BCUT2D eigenvalue weighted by Crippen LogP contribution is 2.23. The van der Waals surface area contributed by atoms with Crippen LogP contribution in [0.4, 0.5) is 11.4 Å². The van der Waals surface area contributed by atoms with Crippen molar-refractivity contribution in [3.63, 3.8) is 0 Å². The minimum absolute atomic E-state index is 0.257. The van der Waals surface area contributed by atoms with E-state index in [0.29, 0.717) is 33.5 Å². The first-order chi connectivity index (χ1) is 14.0. The molecule has 29 heavy (non-hydrogen) atoms. The van der Waals surface area contributed by atoms with Crippen LogP contribution in [0.1, 0.15) is 15.2 Å². The van der Waals surface area contributed by atoms with Crippen LogP contribution in [0.5, 0.6) is 0 Å². The van der Waals surface area contributed by atoms with Gasteiger partial charge in [0.2, 0.25) is 0 Å². The Labute approximate surface area is 174 Å². The summed E-state index contributed by atoms with van der Waals surface area (Å²) in [7, 11) is 0. The van der Waals surface area contributed by atoms with E-state index in [1.54, 1.807) is 42.6 Å². The molecule has 146 valence electrons. The number of rotatable bonds is 5. The van der Waals surface area contributed by atoms with E-state index in [-0.39, 0.29) is 5.56 Å². The second kappa shape index (κ2) is 7.94. The molecule has 0 aliphatic carbocycles. The number of aromatic nitrogens is 3. The summed E-state index contributed by atoms with van der Waals surface area (Å²) in [6.45, 7) is 0.500. The Morgan fingerprint density at radius 1 is 1.24 bits per heavy atom. The number of H-pyrrole nitrogens is 1. The first-order valence-electron chi connectivity index (χ1n) is 8.66. The van der Waals surface area contributed by atoms with Gasteiger partial charge in [0.1, 0.15) is 0 Å². The van der Waals surface area contributed by atoms with Crippen LogP contribution in [-0.4, -0.2) is 20.7 Å². The third kappa shape index (κ3) is 3.94. The molecule has 0 bridgehead atoms. The minimum Gasteiger partial charge on any atom is -0.398 e. The van der Waals surface area contributed by atoms with Crippen LogP contribution >= 0.6 is 22.9 Å². The van der Waals surface area contributed by atoms with Gasteiger partial charge in [-0.15, -0.1) is 11.3 Å². The lowest BCUT2D eigenvalue weighted by Gasteiger charge is -2.12. The molecule has 0 saturated heterocycles. The molecule has 3 aromatic heterocycles. The topological polar surface area (TPSA) is 106 Å².